The number of rotatable bonds is 3. The molecule has 0 N–H and O–H groups in total. The molecule has 22 heavy (non-hydrogen) atoms. The van der Waals surface area contributed by atoms with E-state index in [9.17, 15) is 9.47 Å². The average molecular weight is 305 g/mol. The Hall–Kier alpha value is -2.84. The summed E-state index contributed by atoms with van der Waals surface area (Å²) in [5.74, 6) is 0. The summed E-state index contributed by atoms with van der Waals surface area (Å²) in [6.45, 7) is 0. The van der Waals surface area contributed by atoms with Crippen LogP contribution < -0.4 is 0 Å². The van der Waals surface area contributed by atoms with E-state index in [2.05, 4.69) is 9.97 Å². The number of benzene rings is 2. The van der Waals surface area contributed by atoms with Gasteiger partial charge < -0.3 is 0 Å². The minimum Gasteiger partial charge on any atom is -0.247 e. The molecule has 0 aliphatic carbocycles. The van der Waals surface area contributed by atoms with Crippen molar-refractivity contribution in [1.29, 1.82) is 5.26 Å². The molecule has 1 unspecified atom stereocenters. The Morgan fingerprint density at radius 3 is 2.23 bits per heavy atom. The van der Waals surface area contributed by atoms with Gasteiger partial charge in [-0.15, -0.1) is 0 Å². The molecule has 0 saturated heterocycles. The van der Waals surface area contributed by atoms with E-state index >= 15 is 0 Å². The van der Waals surface area contributed by atoms with Gasteiger partial charge in [-0.25, -0.2) is 14.2 Å². The third-order valence-electron chi connectivity index (χ3n) is 3.05. The first-order valence-corrected chi connectivity index (χ1v) is 7.74. The van der Waals surface area contributed by atoms with Crippen LogP contribution in [0, 0.1) is 11.3 Å². The maximum atomic E-state index is 12.5. The molecule has 0 bridgehead atoms. The summed E-state index contributed by atoms with van der Waals surface area (Å²) < 4.78 is 12.5. The van der Waals surface area contributed by atoms with E-state index in [1.54, 1.807) is 30.5 Å². The normalized spacial score (nSPS) is 11.6. The molecule has 4 nitrogen and oxygen atoms in total. The summed E-state index contributed by atoms with van der Waals surface area (Å²) in [7, 11) is -1.52. The van der Waals surface area contributed by atoms with Crippen molar-refractivity contribution < 1.29 is 4.21 Å². The van der Waals surface area contributed by atoms with E-state index in [0.29, 0.717) is 10.6 Å². The maximum absolute atomic E-state index is 12.5. The van der Waals surface area contributed by atoms with Crippen LogP contribution in [0.4, 0.5) is 0 Å². The minimum absolute atomic E-state index is 0.0866. The molecule has 1 atom stereocenters. The molecule has 0 saturated carbocycles. The van der Waals surface area contributed by atoms with Gasteiger partial charge in [-0.3, -0.25) is 0 Å². The first kappa shape index (κ1) is 14.1. The van der Waals surface area contributed by atoms with Crippen molar-refractivity contribution in [3.8, 4) is 17.3 Å². The predicted octanol–water partition coefficient (Wildman–Crippen LogP) is 3.18. The molecule has 0 amide bonds. The molecule has 3 aromatic rings. The van der Waals surface area contributed by atoms with Crippen LogP contribution in [0.15, 0.2) is 76.8 Å². The van der Waals surface area contributed by atoms with Crippen LogP contribution >= 0.6 is 0 Å². The molecule has 0 radical (unpaired) electrons. The highest BCUT2D eigenvalue weighted by atomic mass is 32.2. The first-order chi connectivity index (χ1) is 10.8. The van der Waals surface area contributed by atoms with Crippen molar-refractivity contribution in [2.45, 2.75) is 9.92 Å². The van der Waals surface area contributed by atoms with Crippen LogP contribution in [0.3, 0.4) is 0 Å². The van der Waals surface area contributed by atoms with Crippen molar-refractivity contribution in [1.82, 2.24) is 9.97 Å². The monoisotopic (exact) mass is 305 g/mol. The molecule has 2 aromatic carbocycles. The Kier molecular flexibility index (Phi) is 4.03. The van der Waals surface area contributed by atoms with Crippen LogP contribution in [-0.4, -0.2) is 14.2 Å². The lowest BCUT2D eigenvalue weighted by Gasteiger charge is -2.05. The van der Waals surface area contributed by atoms with Gasteiger partial charge in [0.2, 0.25) is 0 Å². The second-order valence-corrected chi connectivity index (χ2v) is 5.86. The zero-order valence-corrected chi connectivity index (χ0v) is 12.3. The van der Waals surface area contributed by atoms with Gasteiger partial charge >= 0.3 is 0 Å². The Bertz CT molecular complexity index is 858. The molecule has 5 heteroatoms. The topological polar surface area (TPSA) is 66.6 Å². The van der Waals surface area contributed by atoms with Crippen molar-refractivity contribution in [3.05, 3.63) is 72.6 Å². The third-order valence-corrected chi connectivity index (χ3v) is 4.40. The second kappa shape index (κ2) is 6.29. The van der Waals surface area contributed by atoms with Crippen LogP contribution in [0.25, 0.3) is 11.3 Å². The smallest absolute Gasteiger partial charge is 0.176 e. The van der Waals surface area contributed by atoms with Gasteiger partial charge in [0.15, 0.2) is 10.7 Å². The SMILES string of the molecule is N#Cc1nc(-c2ccccc2)cnc1S(=O)c1ccccc1. The predicted molar refractivity (Wildman–Crippen MR) is 83.3 cm³/mol. The Morgan fingerprint density at radius 1 is 0.955 bits per heavy atom. The van der Waals surface area contributed by atoms with E-state index in [1.165, 1.54) is 0 Å². The fourth-order valence-corrected chi connectivity index (χ4v) is 3.03. The van der Waals surface area contributed by atoms with Crippen LogP contribution in [0.5, 0.6) is 0 Å². The number of hydrogen-bond acceptors (Lipinski definition) is 4. The number of aromatic nitrogens is 2. The first-order valence-electron chi connectivity index (χ1n) is 6.59. The molecule has 0 spiro atoms. The lowest BCUT2D eigenvalue weighted by atomic mass is 10.2. The highest BCUT2D eigenvalue weighted by Gasteiger charge is 2.16. The van der Waals surface area contributed by atoms with Gasteiger partial charge in [-0.05, 0) is 12.1 Å². The zero-order chi connectivity index (χ0) is 15.4. The van der Waals surface area contributed by atoms with Crippen molar-refractivity contribution >= 4 is 10.8 Å². The van der Waals surface area contributed by atoms with Crippen LogP contribution in [-0.2, 0) is 10.8 Å². The highest BCUT2D eigenvalue weighted by molar-refractivity contribution is 7.85. The van der Waals surface area contributed by atoms with Crippen molar-refractivity contribution in [2.24, 2.45) is 0 Å². The molecule has 0 aliphatic heterocycles. The summed E-state index contributed by atoms with van der Waals surface area (Å²) in [6, 6.07) is 20.4. The zero-order valence-electron chi connectivity index (χ0n) is 11.5. The number of nitriles is 1. The molecule has 106 valence electrons. The van der Waals surface area contributed by atoms with Gasteiger partial charge in [0.1, 0.15) is 16.9 Å². The molecule has 0 aliphatic rings. The van der Waals surface area contributed by atoms with E-state index in [1.807, 2.05) is 42.5 Å². The van der Waals surface area contributed by atoms with Gasteiger partial charge in [0, 0.05) is 10.5 Å². The van der Waals surface area contributed by atoms with E-state index in [0.717, 1.165) is 5.56 Å². The molecule has 3 rings (SSSR count). The fraction of sp³-hybridized carbons (Fsp3) is 0. The number of hydrogen-bond donors (Lipinski definition) is 0. The average Bonchev–Trinajstić information content (AvgIpc) is 2.62. The summed E-state index contributed by atoms with van der Waals surface area (Å²) >= 11 is 0. The Balaban J connectivity index is 2.04. The lowest BCUT2D eigenvalue weighted by Crippen LogP contribution is -2.03. The van der Waals surface area contributed by atoms with Gasteiger partial charge in [-0.1, -0.05) is 48.5 Å². The van der Waals surface area contributed by atoms with Crippen molar-refractivity contribution in [3.63, 3.8) is 0 Å². The molecule has 0 fully saturated rings. The third kappa shape index (κ3) is 2.78. The molecular weight excluding hydrogens is 294 g/mol. The van der Waals surface area contributed by atoms with Gasteiger partial charge in [-0.2, -0.15) is 5.26 Å². The molecular formula is C17H11N3OS. The highest BCUT2D eigenvalue weighted by Crippen LogP contribution is 2.21. The van der Waals surface area contributed by atoms with Crippen LogP contribution in [0.2, 0.25) is 0 Å². The Morgan fingerprint density at radius 2 is 1.59 bits per heavy atom. The second-order valence-electron chi connectivity index (χ2n) is 4.47. The van der Waals surface area contributed by atoms with E-state index < -0.39 is 10.8 Å². The number of nitrogens with zero attached hydrogens (tertiary/aromatic N) is 3. The Labute approximate surface area is 130 Å². The maximum Gasteiger partial charge on any atom is 0.176 e. The summed E-state index contributed by atoms with van der Waals surface area (Å²) in [4.78, 5) is 9.11. The van der Waals surface area contributed by atoms with Gasteiger partial charge in [0.25, 0.3) is 0 Å². The van der Waals surface area contributed by atoms with Gasteiger partial charge in [0.05, 0.1) is 11.9 Å². The summed E-state index contributed by atoms with van der Waals surface area (Å²) in [5.41, 5.74) is 1.54. The van der Waals surface area contributed by atoms with E-state index in [-0.39, 0.29) is 10.7 Å². The quantitative estimate of drug-likeness (QED) is 0.745. The summed E-state index contributed by atoms with van der Waals surface area (Å²) in [6.07, 6.45) is 1.55. The lowest BCUT2D eigenvalue weighted by molar-refractivity contribution is 0.679. The van der Waals surface area contributed by atoms with Crippen molar-refractivity contribution in [2.75, 3.05) is 0 Å². The largest absolute Gasteiger partial charge is 0.247 e. The van der Waals surface area contributed by atoms with Crippen LogP contribution in [0.1, 0.15) is 5.69 Å². The fourth-order valence-electron chi connectivity index (χ4n) is 1.99. The summed E-state index contributed by atoms with van der Waals surface area (Å²) in [5, 5.41) is 9.49. The molecule has 1 heterocycles. The standard InChI is InChI=1S/C17H11N3OS/c18-11-15-17(22(21)14-9-5-2-6-10-14)19-12-16(20-15)13-7-3-1-4-8-13/h1-10,12H. The van der Waals surface area contributed by atoms with E-state index in [4.69, 9.17) is 0 Å². The minimum atomic E-state index is -1.52. The molecule has 1 aromatic heterocycles.